The Morgan fingerprint density at radius 2 is 1.83 bits per heavy atom. The molecule has 2 rings (SSSR count). The zero-order valence-electron chi connectivity index (χ0n) is 15.8. The van der Waals surface area contributed by atoms with E-state index in [0.717, 1.165) is 11.3 Å². The van der Waals surface area contributed by atoms with E-state index >= 15 is 0 Å². The third-order valence-corrected chi connectivity index (χ3v) is 5.44. The van der Waals surface area contributed by atoms with Gasteiger partial charge in [-0.05, 0) is 25.3 Å². The maximum Gasteiger partial charge on any atom is 0.394 e. The van der Waals surface area contributed by atoms with Crippen LogP contribution in [0.4, 0.5) is 5.00 Å². The number of carboxylic acids is 2. The number of carbonyl (C=O) groups is 5. The summed E-state index contributed by atoms with van der Waals surface area (Å²) in [6.07, 6.45) is 1.74. The Morgan fingerprint density at radius 1 is 1.14 bits per heavy atom. The van der Waals surface area contributed by atoms with Gasteiger partial charge in [0.2, 0.25) is 5.91 Å². The quantitative estimate of drug-likeness (QED) is 0.338. The van der Waals surface area contributed by atoms with Crippen LogP contribution in [0.1, 0.15) is 53.4 Å². The molecule has 0 aromatic carbocycles. The highest BCUT2D eigenvalue weighted by Gasteiger charge is 2.31. The number of nitrogens with one attached hydrogen (secondary N) is 2. The zero-order chi connectivity index (χ0) is 21.6. The molecule has 1 aliphatic rings. The Morgan fingerprint density at radius 3 is 2.45 bits per heavy atom. The van der Waals surface area contributed by atoms with Gasteiger partial charge in [-0.25, -0.2) is 9.59 Å². The highest BCUT2D eigenvalue weighted by atomic mass is 32.1. The predicted molar refractivity (Wildman–Crippen MR) is 102 cm³/mol. The number of fused-ring (bicyclic) bond motifs is 1. The Bertz CT molecular complexity index is 832. The zero-order valence-corrected chi connectivity index (χ0v) is 16.6. The topological polar surface area (TPSA) is 159 Å². The van der Waals surface area contributed by atoms with Gasteiger partial charge in [0.25, 0.3) is 0 Å². The van der Waals surface area contributed by atoms with Crippen LogP contribution in [0.5, 0.6) is 0 Å². The van der Waals surface area contributed by atoms with E-state index in [-0.39, 0.29) is 48.2 Å². The molecule has 0 fully saturated rings. The molecule has 1 aromatic heterocycles. The van der Waals surface area contributed by atoms with Gasteiger partial charge in [-0.1, -0.05) is 0 Å². The third-order valence-electron chi connectivity index (χ3n) is 4.32. The number of ketones is 1. The molecule has 4 N–H and O–H groups in total. The van der Waals surface area contributed by atoms with Crippen molar-refractivity contribution in [1.82, 2.24) is 5.32 Å². The van der Waals surface area contributed by atoms with E-state index in [4.69, 9.17) is 9.84 Å². The molecule has 1 unspecified atom stereocenters. The highest BCUT2D eigenvalue weighted by molar-refractivity contribution is 7.17. The van der Waals surface area contributed by atoms with Gasteiger partial charge < -0.3 is 30.4 Å². The first-order valence-electron chi connectivity index (χ1n) is 8.98. The van der Waals surface area contributed by atoms with Crippen LogP contribution in [0.25, 0.3) is 0 Å². The van der Waals surface area contributed by atoms with Crippen LogP contribution in [-0.4, -0.2) is 52.4 Å². The maximum absolute atomic E-state index is 11.9. The lowest BCUT2D eigenvalue weighted by Gasteiger charge is -2.23. The summed E-state index contributed by atoms with van der Waals surface area (Å²) >= 11 is 0.962. The molecule has 0 saturated heterocycles. The summed E-state index contributed by atoms with van der Waals surface area (Å²) in [6.45, 7) is 1.79. The Balaban J connectivity index is 1.95. The lowest BCUT2D eigenvalue weighted by Crippen LogP contribution is -2.36. The summed E-state index contributed by atoms with van der Waals surface area (Å²) < 4.78 is 5.64. The van der Waals surface area contributed by atoms with Gasteiger partial charge in [0.15, 0.2) is 0 Å². The van der Waals surface area contributed by atoms with Crippen LogP contribution in [0, 0.1) is 0 Å². The number of aromatic carboxylic acids is 1. The van der Waals surface area contributed by atoms with Crippen molar-refractivity contribution in [3.05, 3.63) is 16.0 Å². The van der Waals surface area contributed by atoms with Crippen molar-refractivity contribution >= 4 is 45.9 Å². The van der Waals surface area contributed by atoms with E-state index in [1.165, 1.54) is 6.92 Å². The Hall–Kier alpha value is -2.79. The van der Waals surface area contributed by atoms with Crippen LogP contribution in [0.2, 0.25) is 0 Å². The van der Waals surface area contributed by atoms with Crippen molar-refractivity contribution in [3.63, 3.8) is 0 Å². The number of aliphatic carboxylic acids is 1. The molecule has 0 radical (unpaired) electrons. The highest BCUT2D eigenvalue weighted by Crippen LogP contribution is 2.37. The van der Waals surface area contributed by atoms with Crippen LogP contribution >= 0.6 is 11.3 Å². The number of carbonyl (C=O) groups excluding carboxylic acids is 3. The molecule has 1 aliphatic heterocycles. The molecule has 1 aromatic rings. The van der Waals surface area contributed by atoms with Gasteiger partial charge >= 0.3 is 17.8 Å². The molecule has 1 atom stereocenters. The predicted octanol–water partition coefficient (Wildman–Crippen LogP) is 1.18. The second-order valence-corrected chi connectivity index (χ2v) is 7.73. The Kier molecular flexibility index (Phi) is 7.85. The number of Topliss-reactive ketones (excluding diaryl/α,β-unsaturated/α-hetero) is 1. The van der Waals surface area contributed by atoms with Gasteiger partial charge in [-0.3, -0.25) is 9.59 Å². The van der Waals surface area contributed by atoms with Crippen LogP contribution in [0.15, 0.2) is 0 Å². The van der Waals surface area contributed by atoms with Gasteiger partial charge in [-0.15, -0.1) is 11.3 Å². The van der Waals surface area contributed by atoms with Crippen LogP contribution in [0.3, 0.4) is 0 Å². The number of thiophene rings is 1. The van der Waals surface area contributed by atoms with Crippen molar-refractivity contribution < 1.29 is 38.9 Å². The minimum absolute atomic E-state index is 0.0475. The van der Waals surface area contributed by atoms with Crippen LogP contribution in [-0.2, 0) is 36.9 Å². The number of carboxylic acid groups (broad SMARTS) is 2. The van der Waals surface area contributed by atoms with E-state index in [1.54, 1.807) is 0 Å². The molecule has 0 aliphatic carbocycles. The fraction of sp³-hybridized carbons (Fsp3) is 0.500. The van der Waals surface area contributed by atoms with Crippen LogP contribution < -0.4 is 10.6 Å². The molecule has 2 heterocycles. The first kappa shape index (κ1) is 22.5. The van der Waals surface area contributed by atoms with Gasteiger partial charge in [-0.2, -0.15) is 0 Å². The molecule has 158 valence electrons. The largest absolute Gasteiger partial charge is 0.478 e. The minimum Gasteiger partial charge on any atom is -0.478 e. The molecule has 0 saturated carbocycles. The van der Waals surface area contributed by atoms with E-state index < -0.39 is 23.9 Å². The summed E-state index contributed by atoms with van der Waals surface area (Å²) in [4.78, 5) is 57.1. The first-order chi connectivity index (χ1) is 13.7. The smallest absolute Gasteiger partial charge is 0.394 e. The number of hydrogen-bond donors (Lipinski definition) is 4. The molecule has 2 amide bonds. The SMILES string of the molecule is CC(=O)CCCCC(=O)NCC1Cc2c(sc(NC(=O)C(=O)O)c2C(=O)O)CO1. The minimum atomic E-state index is -1.71. The summed E-state index contributed by atoms with van der Waals surface area (Å²) in [5.41, 5.74) is 0.318. The summed E-state index contributed by atoms with van der Waals surface area (Å²) in [5, 5.41) is 23.0. The summed E-state index contributed by atoms with van der Waals surface area (Å²) in [6, 6.07) is 0. The first-order valence-corrected chi connectivity index (χ1v) is 9.80. The molecule has 11 heteroatoms. The fourth-order valence-electron chi connectivity index (χ4n) is 2.90. The van der Waals surface area contributed by atoms with Gasteiger partial charge in [0.05, 0.1) is 18.3 Å². The normalized spacial score (nSPS) is 15.3. The molecule has 10 nitrogen and oxygen atoms in total. The lowest BCUT2D eigenvalue weighted by atomic mass is 10.0. The average Bonchev–Trinajstić information content (AvgIpc) is 3.00. The van der Waals surface area contributed by atoms with E-state index in [9.17, 15) is 29.1 Å². The fourth-order valence-corrected chi connectivity index (χ4v) is 4.04. The number of anilines is 1. The van der Waals surface area contributed by atoms with E-state index in [2.05, 4.69) is 10.6 Å². The molecule has 0 spiro atoms. The second-order valence-electron chi connectivity index (χ2n) is 6.62. The van der Waals surface area contributed by atoms with Gasteiger partial charge in [0.1, 0.15) is 10.8 Å². The lowest BCUT2D eigenvalue weighted by molar-refractivity contribution is -0.147. The number of amides is 2. The van der Waals surface area contributed by atoms with Crippen molar-refractivity contribution in [2.45, 2.75) is 51.7 Å². The monoisotopic (exact) mass is 426 g/mol. The van der Waals surface area contributed by atoms with Crippen molar-refractivity contribution in [3.8, 4) is 0 Å². The average molecular weight is 426 g/mol. The maximum atomic E-state index is 11.9. The van der Waals surface area contributed by atoms with E-state index in [1.807, 2.05) is 0 Å². The number of rotatable bonds is 9. The third kappa shape index (κ3) is 6.36. The van der Waals surface area contributed by atoms with Crippen molar-refractivity contribution in [1.29, 1.82) is 0 Å². The second kappa shape index (κ2) is 10.1. The van der Waals surface area contributed by atoms with Gasteiger partial charge in [0, 0.05) is 30.7 Å². The molecule has 29 heavy (non-hydrogen) atoms. The standard InChI is InChI=1S/C18H22N2O8S/c1-9(21)4-2-3-5-13(22)19-7-10-6-11-12(8-28-10)29-16(14(11)17(24)25)20-15(23)18(26)27/h10H,2-8H2,1H3,(H,19,22)(H,20,23)(H,24,25)(H,26,27). The summed E-state index contributed by atoms with van der Waals surface area (Å²) in [5.74, 6) is -4.41. The summed E-state index contributed by atoms with van der Waals surface area (Å²) in [7, 11) is 0. The number of ether oxygens (including phenoxy) is 1. The molecule has 0 bridgehead atoms. The van der Waals surface area contributed by atoms with E-state index in [0.29, 0.717) is 29.7 Å². The van der Waals surface area contributed by atoms with Crippen molar-refractivity contribution in [2.24, 2.45) is 0 Å². The Labute approximate surface area is 170 Å². The molecular formula is C18H22N2O8S. The number of hydrogen-bond acceptors (Lipinski definition) is 7. The van der Waals surface area contributed by atoms with Crippen molar-refractivity contribution in [2.75, 3.05) is 11.9 Å². The number of unbranched alkanes of at least 4 members (excludes halogenated alkanes) is 1. The molecular weight excluding hydrogens is 404 g/mol.